The van der Waals surface area contributed by atoms with E-state index in [1.165, 1.54) is 0 Å². The minimum atomic E-state index is -1.14. The molecule has 0 saturated carbocycles. The smallest absolute Gasteiger partial charge is 0.257 e. The molecular weight excluding hydrogens is 392 g/mol. The summed E-state index contributed by atoms with van der Waals surface area (Å²) in [5.74, 6) is 0.748. The third kappa shape index (κ3) is 4.96. The number of halogens is 1. The highest BCUT2D eigenvalue weighted by Gasteiger charge is 2.26. The Balaban J connectivity index is 1.72. The minimum Gasteiger partial charge on any atom is -0.497 e. The van der Waals surface area contributed by atoms with Crippen LogP contribution in [0, 0.1) is 6.92 Å². The van der Waals surface area contributed by atoms with E-state index in [1.807, 2.05) is 30.3 Å². The van der Waals surface area contributed by atoms with E-state index in [9.17, 15) is 9.90 Å². The van der Waals surface area contributed by atoms with Crippen LogP contribution in [0.1, 0.15) is 28.6 Å². The highest BCUT2D eigenvalue weighted by Crippen LogP contribution is 2.31. The molecule has 1 heterocycles. The highest BCUT2D eigenvalue weighted by atomic mass is 35.5. The SMILES string of the molecule is COc1ccc(CC(C)(O)CNC(=O)c2c(-c3ccccc3Cl)noc2C)cc1. The third-order valence-corrected chi connectivity index (χ3v) is 4.92. The van der Waals surface area contributed by atoms with Gasteiger partial charge >= 0.3 is 0 Å². The monoisotopic (exact) mass is 414 g/mol. The fourth-order valence-electron chi connectivity index (χ4n) is 3.08. The molecule has 7 heteroatoms. The lowest BCUT2D eigenvalue weighted by Gasteiger charge is -2.24. The van der Waals surface area contributed by atoms with Crippen LogP contribution in [-0.4, -0.2) is 35.4 Å². The first kappa shape index (κ1) is 20.9. The molecule has 0 fully saturated rings. The number of carbonyl (C=O) groups excluding carboxylic acids is 1. The summed E-state index contributed by atoms with van der Waals surface area (Å²) in [7, 11) is 1.60. The maximum Gasteiger partial charge on any atom is 0.257 e. The number of nitrogens with one attached hydrogen (secondary N) is 1. The van der Waals surface area contributed by atoms with E-state index in [0.29, 0.717) is 34.0 Å². The average Bonchev–Trinajstić information content (AvgIpc) is 3.08. The first-order valence-electron chi connectivity index (χ1n) is 9.15. The Hall–Kier alpha value is -2.83. The molecule has 2 N–H and O–H groups in total. The van der Waals surface area contributed by atoms with Crippen LogP contribution in [0.5, 0.6) is 5.75 Å². The van der Waals surface area contributed by atoms with Gasteiger partial charge in [-0.25, -0.2) is 0 Å². The average molecular weight is 415 g/mol. The molecule has 3 aromatic rings. The number of benzene rings is 2. The summed E-state index contributed by atoms with van der Waals surface area (Å²) in [6.45, 7) is 3.40. The molecule has 29 heavy (non-hydrogen) atoms. The lowest BCUT2D eigenvalue weighted by Crippen LogP contribution is -2.42. The summed E-state index contributed by atoms with van der Waals surface area (Å²) in [5, 5.41) is 18.0. The van der Waals surface area contributed by atoms with Gasteiger partial charge in [-0.2, -0.15) is 0 Å². The van der Waals surface area contributed by atoms with Gasteiger partial charge in [-0.15, -0.1) is 0 Å². The van der Waals surface area contributed by atoms with Crippen LogP contribution in [0.15, 0.2) is 53.1 Å². The van der Waals surface area contributed by atoms with E-state index in [0.717, 1.165) is 11.3 Å². The fourth-order valence-corrected chi connectivity index (χ4v) is 3.31. The lowest BCUT2D eigenvalue weighted by molar-refractivity contribution is 0.0552. The Bertz CT molecular complexity index is 996. The van der Waals surface area contributed by atoms with Crippen LogP contribution in [0.25, 0.3) is 11.3 Å². The van der Waals surface area contributed by atoms with E-state index in [2.05, 4.69) is 10.5 Å². The zero-order valence-electron chi connectivity index (χ0n) is 16.5. The molecule has 6 nitrogen and oxygen atoms in total. The number of carbonyl (C=O) groups is 1. The second-order valence-electron chi connectivity index (χ2n) is 7.15. The maximum absolute atomic E-state index is 12.8. The van der Waals surface area contributed by atoms with Crippen molar-refractivity contribution >= 4 is 17.5 Å². The number of hydrogen-bond donors (Lipinski definition) is 2. The van der Waals surface area contributed by atoms with Crippen LogP contribution in [-0.2, 0) is 6.42 Å². The quantitative estimate of drug-likeness (QED) is 0.609. The van der Waals surface area contributed by atoms with Crippen molar-refractivity contribution in [2.45, 2.75) is 25.9 Å². The van der Waals surface area contributed by atoms with Gasteiger partial charge in [-0.05, 0) is 37.6 Å². The van der Waals surface area contributed by atoms with Crippen molar-refractivity contribution in [1.29, 1.82) is 0 Å². The van der Waals surface area contributed by atoms with Gasteiger partial charge < -0.3 is 19.7 Å². The van der Waals surface area contributed by atoms with Gasteiger partial charge in [0.2, 0.25) is 0 Å². The van der Waals surface area contributed by atoms with Gasteiger partial charge in [0.15, 0.2) is 0 Å². The van der Waals surface area contributed by atoms with Crippen LogP contribution >= 0.6 is 11.6 Å². The van der Waals surface area contributed by atoms with E-state index in [4.69, 9.17) is 20.9 Å². The Morgan fingerprint density at radius 1 is 1.24 bits per heavy atom. The van der Waals surface area contributed by atoms with Crippen LogP contribution < -0.4 is 10.1 Å². The molecule has 0 aliphatic heterocycles. The zero-order chi connectivity index (χ0) is 21.0. The Labute approximate surface area is 174 Å². The number of rotatable bonds is 7. The second kappa shape index (κ2) is 8.68. The molecule has 0 radical (unpaired) electrons. The molecule has 152 valence electrons. The summed E-state index contributed by atoms with van der Waals surface area (Å²) in [6, 6.07) is 14.5. The largest absolute Gasteiger partial charge is 0.497 e. The van der Waals surface area contributed by atoms with Crippen molar-refractivity contribution < 1.29 is 19.2 Å². The maximum atomic E-state index is 12.8. The number of amides is 1. The van der Waals surface area contributed by atoms with Gasteiger partial charge in [0, 0.05) is 18.5 Å². The van der Waals surface area contributed by atoms with Gasteiger partial charge in [0.05, 0.1) is 17.7 Å². The number of aromatic nitrogens is 1. The van der Waals surface area contributed by atoms with Crippen molar-refractivity contribution in [3.8, 4) is 17.0 Å². The standard InChI is InChI=1S/C22H23ClN2O4/c1-14-19(20(25-29-14)17-6-4-5-7-18(17)23)21(26)24-13-22(2,27)12-15-8-10-16(28-3)11-9-15/h4-11,27H,12-13H2,1-3H3,(H,24,26). The molecule has 2 aromatic carbocycles. The number of hydrogen-bond acceptors (Lipinski definition) is 5. The topological polar surface area (TPSA) is 84.6 Å². The summed E-state index contributed by atoms with van der Waals surface area (Å²) in [5.41, 5.74) is 1.09. The normalized spacial score (nSPS) is 13.0. The van der Waals surface area contributed by atoms with E-state index >= 15 is 0 Å². The number of methoxy groups -OCH3 is 1. The number of aliphatic hydroxyl groups is 1. The molecule has 1 unspecified atom stereocenters. The summed E-state index contributed by atoms with van der Waals surface area (Å²) in [6.07, 6.45) is 0.372. The molecule has 0 saturated heterocycles. The molecule has 0 spiro atoms. The Morgan fingerprint density at radius 2 is 1.93 bits per heavy atom. The van der Waals surface area contributed by atoms with Crippen molar-refractivity contribution in [2.75, 3.05) is 13.7 Å². The van der Waals surface area contributed by atoms with Gasteiger partial charge in [0.25, 0.3) is 5.91 Å². The van der Waals surface area contributed by atoms with E-state index < -0.39 is 5.60 Å². The van der Waals surface area contributed by atoms with Crippen LogP contribution in [0.3, 0.4) is 0 Å². The van der Waals surface area contributed by atoms with Gasteiger partial charge in [-0.3, -0.25) is 4.79 Å². The summed E-state index contributed by atoms with van der Waals surface area (Å²) >= 11 is 6.24. The van der Waals surface area contributed by atoms with Crippen LogP contribution in [0.4, 0.5) is 0 Å². The first-order chi connectivity index (χ1) is 13.8. The van der Waals surface area contributed by atoms with Crippen molar-refractivity contribution in [2.24, 2.45) is 0 Å². The third-order valence-electron chi connectivity index (χ3n) is 4.59. The van der Waals surface area contributed by atoms with Gasteiger partial charge in [0.1, 0.15) is 22.8 Å². The molecule has 1 aromatic heterocycles. The number of ether oxygens (including phenoxy) is 1. The molecule has 0 aliphatic carbocycles. The Kier molecular flexibility index (Phi) is 6.25. The zero-order valence-corrected chi connectivity index (χ0v) is 17.3. The van der Waals surface area contributed by atoms with Crippen molar-refractivity contribution in [3.63, 3.8) is 0 Å². The molecule has 3 rings (SSSR count). The number of aryl methyl sites for hydroxylation is 1. The van der Waals surface area contributed by atoms with E-state index in [-0.39, 0.29) is 12.5 Å². The number of nitrogens with zero attached hydrogens (tertiary/aromatic N) is 1. The molecular formula is C22H23ClN2O4. The van der Waals surface area contributed by atoms with Crippen LogP contribution in [0.2, 0.25) is 5.02 Å². The van der Waals surface area contributed by atoms with Crippen molar-refractivity contribution in [1.82, 2.24) is 10.5 Å². The molecule has 1 atom stereocenters. The predicted molar refractivity (Wildman–Crippen MR) is 111 cm³/mol. The second-order valence-corrected chi connectivity index (χ2v) is 7.55. The lowest BCUT2D eigenvalue weighted by atomic mass is 9.96. The molecule has 1 amide bonds. The predicted octanol–water partition coefficient (Wildman–Crippen LogP) is 4.04. The fraction of sp³-hybridized carbons (Fsp3) is 0.273. The van der Waals surface area contributed by atoms with E-state index in [1.54, 1.807) is 39.2 Å². The molecule has 0 bridgehead atoms. The summed E-state index contributed by atoms with van der Waals surface area (Å²) in [4.78, 5) is 12.8. The van der Waals surface area contributed by atoms with Gasteiger partial charge in [-0.1, -0.05) is 47.1 Å². The minimum absolute atomic E-state index is 0.0600. The van der Waals surface area contributed by atoms with Crippen molar-refractivity contribution in [3.05, 3.63) is 70.4 Å². The molecule has 0 aliphatic rings. The first-order valence-corrected chi connectivity index (χ1v) is 9.53. The highest BCUT2D eigenvalue weighted by molar-refractivity contribution is 6.33. The Morgan fingerprint density at radius 3 is 2.59 bits per heavy atom. The summed E-state index contributed by atoms with van der Waals surface area (Å²) < 4.78 is 10.4.